The summed E-state index contributed by atoms with van der Waals surface area (Å²) in [6.07, 6.45) is 8.55. The number of amides is 1. The molecule has 35 heavy (non-hydrogen) atoms. The van der Waals surface area contributed by atoms with Crippen LogP contribution < -0.4 is 4.90 Å². The molecule has 3 aromatic rings. The number of hydrogen-bond acceptors (Lipinski definition) is 2. The number of benzene rings is 3. The van der Waals surface area contributed by atoms with Crippen molar-refractivity contribution in [3.63, 3.8) is 0 Å². The molecule has 174 valence electrons. The summed E-state index contributed by atoms with van der Waals surface area (Å²) in [4.78, 5) is 17.7. The van der Waals surface area contributed by atoms with Gasteiger partial charge in [0.05, 0.1) is 5.70 Å². The van der Waals surface area contributed by atoms with Crippen molar-refractivity contribution in [1.29, 1.82) is 0 Å². The third-order valence-corrected chi connectivity index (χ3v) is 7.40. The Morgan fingerprint density at radius 3 is 2.46 bits per heavy atom. The maximum absolute atomic E-state index is 13.5. The summed E-state index contributed by atoms with van der Waals surface area (Å²) in [7, 11) is 1.92. The molecule has 2 aliphatic heterocycles. The third kappa shape index (κ3) is 3.99. The van der Waals surface area contributed by atoms with E-state index in [4.69, 9.17) is 0 Å². The summed E-state index contributed by atoms with van der Waals surface area (Å²) >= 11 is 0. The van der Waals surface area contributed by atoms with E-state index in [1.165, 1.54) is 33.6 Å². The average Bonchev–Trinajstić information content (AvgIpc) is 3.62. The van der Waals surface area contributed by atoms with Crippen molar-refractivity contribution in [3.05, 3.63) is 119 Å². The number of hydrogen-bond donors (Lipinski definition) is 0. The number of carbonyl (C=O) groups excluding carboxylic acids is 1. The quantitative estimate of drug-likeness (QED) is 0.465. The highest BCUT2D eigenvalue weighted by atomic mass is 16.2. The van der Waals surface area contributed by atoms with Crippen molar-refractivity contribution in [2.24, 2.45) is 0 Å². The Hall–Kier alpha value is -3.92. The van der Waals surface area contributed by atoms with Gasteiger partial charge in [-0.25, -0.2) is 0 Å². The Morgan fingerprint density at radius 2 is 1.60 bits per heavy atom. The zero-order valence-corrected chi connectivity index (χ0v) is 20.2. The molecule has 0 N–H and O–H groups in total. The predicted octanol–water partition coefficient (Wildman–Crippen LogP) is 5.72. The molecule has 0 fully saturated rings. The fraction of sp³-hybridized carbons (Fsp3) is 0.226. The first kappa shape index (κ1) is 21.6. The van der Waals surface area contributed by atoms with Crippen molar-refractivity contribution in [1.82, 2.24) is 4.90 Å². The van der Waals surface area contributed by atoms with Gasteiger partial charge in [0, 0.05) is 54.7 Å². The molecule has 1 aliphatic carbocycles. The molecule has 0 spiro atoms. The SMILES string of the molecule is CN(C(=O)c1ccccc1)C1=C(C=[N+]2CCc3ccccc32)CCC1=CN1CCc2ccccc21. The Labute approximate surface area is 207 Å². The van der Waals surface area contributed by atoms with E-state index >= 15 is 0 Å². The maximum atomic E-state index is 13.5. The summed E-state index contributed by atoms with van der Waals surface area (Å²) in [6.45, 7) is 1.95. The zero-order chi connectivity index (χ0) is 23.8. The van der Waals surface area contributed by atoms with E-state index in [-0.39, 0.29) is 5.91 Å². The number of likely N-dealkylation sites (N-methyl/N-ethyl adjacent to an activating group) is 1. The van der Waals surface area contributed by atoms with Gasteiger partial charge in [0.25, 0.3) is 5.91 Å². The molecule has 3 aromatic carbocycles. The van der Waals surface area contributed by atoms with Gasteiger partial charge in [0.1, 0.15) is 0 Å². The fourth-order valence-electron chi connectivity index (χ4n) is 5.64. The largest absolute Gasteiger partial charge is 0.347 e. The molecule has 6 rings (SSSR count). The van der Waals surface area contributed by atoms with Crippen LogP contribution in [0, 0.1) is 0 Å². The minimum Gasteiger partial charge on any atom is -0.347 e. The van der Waals surface area contributed by atoms with Crippen LogP contribution in [0.1, 0.15) is 34.3 Å². The van der Waals surface area contributed by atoms with E-state index < -0.39 is 0 Å². The number of anilines is 1. The van der Waals surface area contributed by atoms with Crippen LogP contribution in [0.2, 0.25) is 0 Å². The highest BCUT2D eigenvalue weighted by Gasteiger charge is 2.31. The molecule has 4 nitrogen and oxygen atoms in total. The van der Waals surface area contributed by atoms with Crippen LogP contribution in [0.15, 0.2) is 102 Å². The second kappa shape index (κ2) is 9.03. The third-order valence-electron chi connectivity index (χ3n) is 7.40. The Balaban J connectivity index is 1.42. The molecule has 0 bridgehead atoms. The van der Waals surface area contributed by atoms with Crippen LogP contribution in [0.4, 0.5) is 11.4 Å². The number of carbonyl (C=O) groups is 1. The van der Waals surface area contributed by atoms with E-state index in [2.05, 4.69) is 70.4 Å². The standard InChI is InChI=1S/C31H30N3O/c1-32(31(35)25-11-3-2-4-12-25)30-26(21-33-19-17-23-9-5-7-13-28(23)33)15-16-27(30)22-34-20-18-24-10-6-8-14-29(24)34/h2-14,21-22H,15-20H2,1H3/q+1. The molecular formula is C31H30N3O+. The molecule has 2 heterocycles. The lowest BCUT2D eigenvalue weighted by molar-refractivity contribution is -0.423. The van der Waals surface area contributed by atoms with Gasteiger partial charge in [0.15, 0.2) is 12.8 Å². The molecule has 1 amide bonds. The molecule has 0 saturated carbocycles. The highest BCUT2D eigenvalue weighted by molar-refractivity contribution is 5.97. The summed E-state index contributed by atoms with van der Waals surface area (Å²) in [5.74, 6) is 0.0305. The summed E-state index contributed by atoms with van der Waals surface area (Å²) in [6, 6.07) is 26.9. The van der Waals surface area contributed by atoms with Crippen molar-refractivity contribution >= 4 is 23.5 Å². The van der Waals surface area contributed by atoms with Crippen LogP contribution in [0.3, 0.4) is 0 Å². The molecule has 0 atom stereocenters. The number of nitrogens with zero attached hydrogens (tertiary/aromatic N) is 3. The van der Waals surface area contributed by atoms with Gasteiger partial charge in [-0.1, -0.05) is 54.6 Å². The maximum Gasteiger partial charge on any atom is 0.258 e. The van der Waals surface area contributed by atoms with E-state index in [0.29, 0.717) is 5.56 Å². The molecule has 0 radical (unpaired) electrons. The lowest BCUT2D eigenvalue weighted by Crippen LogP contribution is -2.28. The van der Waals surface area contributed by atoms with Gasteiger partial charge in [0.2, 0.25) is 5.69 Å². The smallest absolute Gasteiger partial charge is 0.258 e. The van der Waals surface area contributed by atoms with Crippen molar-refractivity contribution in [2.45, 2.75) is 25.7 Å². The van der Waals surface area contributed by atoms with Gasteiger partial charge in [-0.05, 0) is 48.6 Å². The van der Waals surface area contributed by atoms with Gasteiger partial charge < -0.3 is 9.80 Å². The summed E-state index contributed by atoms with van der Waals surface area (Å²) < 4.78 is 2.36. The Kier molecular flexibility index (Phi) is 5.57. The normalized spacial score (nSPS) is 18.9. The van der Waals surface area contributed by atoms with Gasteiger partial charge in [-0.2, -0.15) is 4.58 Å². The fourth-order valence-corrected chi connectivity index (χ4v) is 5.64. The first-order chi connectivity index (χ1) is 17.2. The van der Waals surface area contributed by atoms with Crippen molar-refractivity contribution in [2.75, 3.05) is 25.0 Å². The molecule has 0 aromatic heterocycles. The van der Waals surface area contributed by atoms with Crippen molar-refractivity contribution in [3.8, 4) is 0 Å². The number of fused-ring (bicyclic) bond motifs is 2. The number of rotatable bonds is 4. The molecule has 0 unspecified atom stereocenters. The number of allylic oxidation sites excluding steroid dienone is 2. The second-order valence-corrected chi connectivity index (χ2v) is 9.53. The first-order valence-electron chi connectivity index (χ1n) is 12.5. The average molecular weight is 461 g/mol. The van der Waals surface area contributed by atoms with E-state index in [1.54, 1.807) is 0 Å². The van der Waals surface area contributed by atoms with Crippen molar-refractivity contribution < 1.29 is 9.37 Å². The second-order valence-electron chi connectivity index (χ2n) is 9.53. The molecular weight excluding hydrogens is 430 g/mol. The molecule has 3 aliphatic rings. The lowest BCUT2D eigenvalue weighted by Gasteiger charge is -2.23. The monoisotopic (exact) mass is 460 g/mol. The predicted molar refractivity (Wildman–Crippen MR) is 141 cm³/mol. The molecule has 0 saturated heterocycles. The van der Waals surface area contributed by atoms with Gasteiger partial charge in [-0.15, -0.1) is 0 Å². The van der Waals surface area contributed by atoms with E-state index in [1.807, 2.05) is 42.3 Å². The van der Waals surface area contributed by atoms with Crippen LogP contribution in [0.25, 0.3) is 0 Å². The first-order valence-corrected chi connectivity index (χ1v) is 12.5. The minimum absolute atomic E-state index is 0.0305. The topological polar surface area (TPSA) is 26.6 Å². The molecule has 4 heteroatoms. The van der Waals surface area contributed by atoms with Crippen LogP contribution in [-0.4, -0.2) is 41.7 Å². The minimum atomic E-state index is 0.0305. The number of para-hydroxylation sites is 2. The lowest BCUT2D eigenvalue weighted by atomic mass is 10.1. The van der Waals surface area contributed by atoms with Gasteiger partial charge >= 0.3 is 0 Å². The highest BCUT2D eigenvalue weighted by Crippen LogP contribution is 2.37. The van der Waals surface area contributed by atoms with E-state index in [9.17, 15) is 4.79 Å². The Bertz CT molecular complexity index is 1380. The zero-order valence-electron chi connectivity index (χ0n) is 20.2. The van der Waals surface area contributed by atoms with Crippen LogP contribution >= 0.6 is 0 Å². The van der Waals surface area contributed by atoms with E-state index in [0.717, 1.165) is 44.5 Å². The van der Waals surface area contributed by atoms with Gasteiger partial charge in [-0.3, -0.25) is 4.79 Å². The summed E-state index contributed by atoms with van der Waals surface area (Å²) in [5.41, 5.74) is 9.56. The Morgan fingerprint density at radius 1 is 0.857 bits per heavy atom. The van der Waals surface area contributed by atoms with Crippen LogP contribution in [0.5, 0.6) is 0 Å². The van der Waals surface area contributed by atoms with Crippen LogP contribution in [-0.2, 0) is 12.8 Å². The summed E-state index contributed by atoms with van der Waals surface area (Å²) in [5, 5.41) is 0.